The van der Waals surface area contributed by atoms with E-state index in [1.165, 1.54) is 24.3 Å². The number of nitrogens with one attached hydrogen (secondary N) is 1. The van der Waals surface area contributed by atoms with Crippen LogP contribution in [0.2, 0.25) is 0 Å². The molecule has 1 heterocycles. The minimum Gasteiger partial charge on any atom is -0.392 e. The number of aliphatic hydroxyl groups excluding tert-OH is 2. The van der Waals surface area contributed by atoms with Crippen LogP contribution in [0.1, 0.15) is 27.9 Å². The number of aliphatic hydroxyl groups is 2. The summed E-state index contributed by atoms with van der Waals surface area (Å²) in [6.07, 6.45) is -0.266. The predicted molar refractivity (Wildman–Crippen MR) is 101 cm³/mol. The SMILES string of the molecule is N#CCC(=O)c1ccc(CO)c(F)c1.Nc1cc(-c2ccc(CO)c(F)c2)[nH]n1. The van der Waals surface area contributed by atoms with Crippen LogP contribution in [0, 0.1) is 23.0 Å². The van der Waals surface area contributed by atoms with Crippen molar-refractivity contribution in [1.29, 1.82) is 5.26 Å². The molecule has 0 atom stereocenters. The molecule has 0 bridgehead atoms. The standard InChI is InChI=1S/C10H10FN3O.C10H8FNO2/c11-8-3-6(1-2-7(8)5-15)9-4-10(12)14-13-9;11-9-5-7(10(14)3-4-12)1-2-8(9)6-13/h1-4,15H,5H2,(H3,12,13,14);1-2,5,13H,3,6H2. The minimum absolute atomic E-state index is 0.138. The Balaban J connectivity index is 0.000000208. The fraction of sp³-hybridized carbons (Fsp3) is 0.150. The average Bonchev–Trinajstić information content (AvgIpc) is 3.15. The minimum atomic E-state index is -0.628. The largest absolute Gasteiger partial charge is 0.392 e. The number of aromatic nitrogens is 2. The van der Waals surface area contributed by atoms with Gasteiger partial charge < -0.3 is 15.9 Å². The van der Waals surface area contributed by atoms with Crippen LogP contribution >= 0.6 is 0 Å². The molecule has 7 nitrogen and oxygen atoms in total. The Hall–Kier alpha value is -3.61. The van der Waals surface area contributed by atoms with Crippen molar-refractivity contribution in [3.05, 3.63) is 70.8 Å². The summed E-state index contributed by atoms with van der Waals surface area (Å²) >= 11 is 0. The zero-order valence-electron chi connectivity index (χ0n) is 15.2. The van der Waals surface area contributed by atoms with Crippen LogP contribution in [0.4, 0.5) is 14.6 Å². The van der Waals surface area contributed by atoms with E-state index in [9.17, 15) is 13.6 Å². The highest BCUT2D eigenvalue weighted by Gasteiger charge is 2.08. The average molecular weight is 400 g/mol. The fourth-order valence-electron chi connectivity index (χ4n) is 2.35. The number of nitrogens with zero attached hydrogens (tertiary/aromatic N) is 2. The van der Waals surface area contributed by atoms with Gasteiger partial charge in [0, 0.05) is 28.3 Å². The molecule has 0 aliphatic carbocycles. The van der Waals surface area contributed by atoms with Crippen LogP contribution in [0.5, 0.6) is 0 Å². The number of nitrogens with two attached hydrogens (primary N) is 1. The third kappa shape index (κ3) is 5.68. The summed E-state index contributed by atoms with van der Waals surface area (Å²) in [6.45, 7) is -0.713. The zero-order valence-corrected chi connectivity index (χ0v) is 15.2. The number of H-pyrrole nitrogens is 1. The van der Waals surface area contributed by atoms with Gasteiger partial charge in [0.1, 0.15) is 17.5 Å². The second kappa shape index (κ2) is 10.1. The predicted octanol–water partition coefficient (Wildman–Crippen LogP) is 2.70. The molecular formula is C20H18F2N4O3. The van der Waals surface area contributed by atoms with E-state index in [0.717, 1.165) is 6.07 Å². The number of aromatic amines is 1. The van der Waals surface area contributed by atoms with Gasteiger partial charge in [-0.1, -0.05) is 24.3 Å². The molecule has 150 valence electrons. The van der Waals surface area contributed by atoms with Crippen molar-refractivity contribution >= 4 is 11.6 Å². The maximum absolute atomic E-state index is 13.3. The third-order valence-electron chi connectivity index (χ3n) is 3.92. The van der Waals surface area contributed by atoms with Crippen LogP contribution in [-0.4, -0.2) is 26.2 Å². The van der Waals surface area contributed by atoms with Crippen LogP contribution in [-0.2, 0) is 13.2 Å². The number of nitrogen functional groups attached to an aromatic ring is 1. The van der Waals surface area contributed by atoms with Crippen LogP contribution in [0.25, 0.3) is 11.3 Å². The van der Waals surface area contributed by atoms with Gasteiger partial charge in [-0.05, 0) is 12.1 Å². The molecule has 0 fully saturated rings. The van der Waals surface area contributed by atoms with Gasteiger partial charge in [0.25, 0.3) is 0 Å². The third-order valence-corrected chi connectivity index (χ3v) is 3.92. The van der Waals surface area contributed by atoms with Crippen molar-refractivity contribution in [2.45, 2.75) is 19.6 Å². The van der Waals surface area contributed by atoms with Gasteiger partial charge in [0.15, 0.2) is 5.78 Å². The first-order valence-electron chi connectivity index (χ1n) is 8.39. The molecule has 0 aliphatic heterocycles. The van der Waals surface area contributed by atoms with Crippen molar-refractivity contribution in [2.75, 3.05) is 5.73 Å². The maximum atomic E-state index is 13.3. The highest BCUT2D eigenvalue weighted by molar-refractivity contribution is 5.97. The number of hydrogen-bond donors (Lipinski definition) is 4. The topological polar surface area (TPSA) is 136 Å². The first-order chi connectivity index (χ1) is 13.9. The Kier molecular flexibility index (Phi) is 7.54. The molecule has 1 aromatic heterocycles. The van der Waals surface area contributed by atoms with E-state index in [-0.39, 0.29) is 29.7 Å². The summed E-state index contributed by atoms with van der Waals surface area (Å²) in [4.78, 5) is 11.1. The van der Waals surface area contributed by atoms with E-state index < -0.39 is 24.0 Å². The molecule has 9 heteroatoms. The lowest BCUT2D eigenvalue weighted by Gasteiger charge is -2.01. The second-order valence-corrected chi connectivity index (χ2v) is 5.89. The van der Waals surface area contributed by atoms with Gasteiger partial charge in [-0.3, -0.25) is 9.89 Å². The summed E-state index contributed by atoms with van der Waals surface area (Å²) in [5.41, 5.74) is 7.29. The van der Waals surface area contributed by atoms with Crippen molar-refractivity contribution in [3.8, 4) is 17.3 Å². The number of anilines is 1. The number of ketones is 1. The number of carbonyl (C=O) groups is 1. The van der Waals surface area contributed by atoms with Crippen LogP contribution < -0.4 is 5.73 Å². The molecule has 2 aromatic carbocycles. The van der Waals surface area contributed by atoms with Crippen molar-refractivity contribution in [3.63, 3.8) is 0 Å². The first kappa shape index (κ1) is 21.7. The number of Topliss-reactive ketones (excluding diaryl/α,β-unsaturated/α-hetero) is 1. The van der Waals surface area contributed by atoms with Crippen LogP contribution in [0.15, 0.2) is 42.5 Å². The fourth-order valence-corrected chi connectivity index (χ4v) is 2.35. The lowest BCUT2D eigenvalue weighted by atomic mass is 10.1. The summed E-state index contributed by atoms with van der Waals surface area (Å²) in [7, 11) is 0. The number of hydrogen-bond acceptors (Lipinski definition) is 6. The molecule has 0 amide bonds. The molecule has 0 aliphatic rings. The number of halogens is 2. The van der Waals surface area contributed by atoms with Gasteiger partial charge in [0.2, 0.25) is 0 Å². The van der Waals surface area contributed by atoms with E-state index in [4.69, 9.17) is 21.2 Å². The molecule has 0 unspecified atom stereocenters. The smallest absolute Gasteiger partial charge is 0.176 e. The van der Waals surface area contributed by atoms with Crippen molar-refractivity contribution in [2.24, 2.45) is 0 Å². The number of carbonyl (C=O) groups excluding carboxylic acids is 1. The van der Waals surface area contributed by atoms with Crippen LogP contribution in [0.3, 0.4) is 0 Å². The summed E-state index contributed by atoms with van der Waals surface area (Å²) in [6, 6.07) is 11.6. The van der Waals surface area contributed by atoms with Crippen molar-refractivity contribution < 1.29 is 23.8 Å². The molecule has 0 saturated carbocycles. The Labute approximate surface area is 165 Å². The van der Waals surface area contributed by atoms with Gasteiger partial charge in [-0.15, -0.1) is 0 Å². The normalized spacial score (nSPS) is 10.0. The quantitative estimate of drug-likeness (QED) is 0.486. The Morgan fingerprint density at radius 2 is 1.69 bits per heavy atom. The number of benzene rings is 2. The van der Waals surface area contributed by atoms with Gasteiger partial charge in [-0.25, -0.2) is 8.78 Å². The van der Waals surface area contributed by atoms with E-state index >= 15 is 0 Å². The summed E-state index contributed by atoms with van der Waals surface area (Å²) < 4.78 is 26.4. The monoisotopic (exact) mass is 400 g/mol. The lowest BCUT2D eigenvalue weighted by molar-refractivity contribution is 0.0997. The van der Waals surface area contributed by atoms with Gasteiger partial charge in [-0.2, -0.15) is 10.4 Å². The van der Waals surface area contributed by atoms with E-state index in [2.05, 4.69) is 10.2 Å². The highest BCUT2D eigenvalue weighted by atomic mass is 19.1. The molecule has 29 heavy (non-hydrogen) atoms. The number of nitriles is 1. The van der Waals surface area contributed by atoms with Crippen molar-refractivity contribution in [1.82, 2.24) is 10.2 Å². The Bertz CT molecular complexity index is 1040. The van der Waals surface area contributed by atoms with Gasteiger partial charge in [0.05, 0.1) is 31.4 Å². The highest BCUT2D eigenvalue weighted by Crippen LogP contribution is 2.21. The molecule has 3 rings (SSSR count). The Morgan fingerprint density at radius 3 is 2.17 bits per heavy atom. The second-order valence-electron chi connectivity index (χ2n) is 5.89. The van der Waals surface area contributed by atoms with E-state index in [1.54, 1.807) is 18.2 Å². The molecular weight excluding hydrogens is 382 g/mol. The molecule has 3 aromatic rings. The molecule has 5 N–H and O–H groups in total. The molecule has 0 spiro atoms. The van der Waals surface area contributed by atoms with E-state index in [0.29, 0.717) is 17.1 Å². The zero-order chi connectivity index (χ0) is 21.4. The summed E-state index contributed by atoms with van der Waals surface area (Å²) in [5, 5.41) is 32.2. The lowest BCUT2D eigenvalue weighted by Crippen LogP contribution is -2.00. The maximum Gasteiger partial charge on any atom is 0.176 e. The molecule has 0 saturated heterocycles. The molecule has 0 radical (unpaired) electrons. The Morgan fingerprint density at radius 1 is 1.07 bits per heavy atom. The first-order valence-corrected chi connectivity index (χ1v) is 8.39. The van der Waals surface area contributed by atoms with Gasteiger partial charge >= 0.3 is 0 Å². The number of rotatable bonds is 5. The van der Waals surface area contributed by atoms with E-state index in [1.807, 2.05) is 0 Å². The summed E-state index contributed by atoms with van der Waals surface area (Å²) in [5.74, 6) is -1.13.